The summed E-state index contributed by atoms with van der Waals surface area (Å²) in [6.07, 6.45) is 9.29. The molecular weight excluding hydrogens is 226 g/mol. The zero-order valence-corrected chi connectivity index (χ0v) is 10.9. The lowest BCUT2D eigenvalue weighted by atomic mass is 10.4. The Morgan fingerprint density at radius 3 is 2.94 bits per heavy atom. The number of rotatable bonds is 6. The van der Waals surface area contributed by atoms with E-state index in [9.17, 15) is 0 Å². The molecule has 18 heavy (non-hydrogen) atoms. The predicted molar refractivity (Wildman–Crippen MR) is 70.5 cm³/mol. The Morgan fingerprint density at radius 2 is 2.17 bits per heavy atom. The van der Waals surface area contributed by atoms with E-state index in [1.807, 2.05) is 10.8 Å². The number of nitrogens with zero attached hydrogens (tertiary/aromatic N) is 4. The number of hydrogen-bond acceptors (Lipinski definition) is 4. The van der Waals surface area contributed by atoms with Crippen molar-refractivity contribution in [3.63, 3.8) is 0 Å². The van der Waals surface area contributed by atoms with E-state index in [1.54, 1.807) is 18.6 Å². The Morgan fingerprint density at radius 1 is 1.28 bits per heavy atom. The SMILES string of the molecule is CCCNCc1cncc(-n2ccnc2CC)n1. The summed E-state index contributed by atoms with van der Waals surface area (Å²) in [6.45, 7) is 5.98. The standard InChI is InChI=1S/C13H19N5/c1-3-5-14-8-11-9-15-10-13(17-11)18-7-6-16-12(18)4-2/h6-7,9-10,14H,3-5,8H2,1-2H3. The van der Waals surface area contributed by atoms with Crippen molar-refractivity contribution in [1.29, 1.82) is 0 Å². The maximum atomic E-state index is 4.59. The fourth-order valence-corrected chi connectivity index (χ4v) is 1.79. The normalized spacial score (nSPS) is 10.8. The van der Waals surface area contributed by atoms with Gasteiger partial charge >= 0.3 is 0 Å². The highest BCUT2D eigenvalue weighted by Crippen LogP contribution is 2.08. The maximum Gasteiger partial charge on any atom is 0.156 e. The monoisotopic (exact) mass is 245 g/mol. The van der Waals surface area contributed by atoms with E-state index in [4.69, 9.17) is 0 Å². The Kier molecular flexibility index (Phi) is 4.41. The molecule has 0 aliphatic rings. The molecule has 0 aliphatic heterocycles. The zero-order valence-electron chi connectivity index (χ0n) is 10.9. The van der Waals surface area contributed by atoms with Gasteiger partial charge in [-0.15, -0.1) is 0 Å². The van der Waals surface area contributed by atoms with Gasteiger partial charge in [-0.05, 0) is 13.0 Å². The molecule has 0 aromatic carbocycles. The van der Waals surface area contributed by atoms with Crippen LogP contribution in [0.15, 0.2) is 24.8 Å². The van der Waals surface area contributed by atoms with Crippen molar-refractivity contribution in [2.24, 2.45) is 0 Å². The van der Waals surface area contributed by atoms with Crippen molar-refractivity contribution in [3.05, 3.63) is 36.3 Å². The van der Waals surface area contributed by atoms with E-state index in [2.05, 4.69) is 34.1 Å². The number of hydrogen-bond donors (Lipinski definition) is 1. The number of nitrogens with one attached hydrogen (secondary N) is 1. The van der Waals surface area contributed by atoms with Gasteiger partial charge in [0.2, 0.25) is 0 Å². The van der Waals surface area contributed by atoms with Crippen LogP contribution in [0.1, 0.15) is 31.8 Å². The van der Waals surface area contributed by atoms with Gasteiger partial charge in [-0.1, -0.05) is 13.8 Å². The molecule has 2 aromatic heterocycles. The molecule has 1 N–H and O–H groups in total. The van der Waals surface area contributed by atoms with E-state index in [1.165, 1.54) is 0 Å². The van der Waals surface area contributed by atoms with Gasteiger partial charge in [-0.3, -0.25) is 9.55 Å². The second-order valence-electron chi connectivity index (χ2n) is 4.11. The van der Waals surface area contributed by atoms with Crippen molar-refractivity contribution in [2.75, 3.05) is 6.54 Å². The average Bonchev–Trinajstić information content (AvgIpc) is 2.88. The Balaban J connectivity index is 2.16. The summed E-state index contributed by atoms with van der Waals surface area (Å²) < 4.78 is 1.98. The minimum absolute atomic E-state index is 0.755. The molecular formula is C13H19N5. The second-order valence-corrected chi connectivity index (χ2v) is 4.11. The molecule has 2 heterocycles. The first kappa shape index (κ1) is 12.7. The van der Waals surface area contributed by atoms with E-state index >= 15 is 0 Å². The summed E-state index contributed by atoms with van der Waals surface area (Å²) in [6, 6.07) is 0. The van der Waals surface area contributed by atoms with E-state index < -0.39 is 0 Å². The first-order chi connectivity index (χ1) is 8.85. The van der Waals surface area contributed by atoms with Gasteiger partial charge < -0.3 is 5.32 Å². The van der Waals surface area contributed by atoms with Crippen molar-refractivity contribution >= 4 is 0 Å². The van der Waals surface area contributed by atoms with Crippen molar-refractivity contribution in [1.82, 2.24) is 24.8 Å². The van der Waals surface area contributed by atoms with E-state index in [-0.39, 0.29) is 0 Å². The van der Waals surface area contributed by atoms with Crippen LogP contribution in [-0.4, -0.2) is 26.1 Å². The van der Waals surface area contributed by atoms with E-state index in [0.717, 1.165) is 43.3 Å². The summed E-state index contributed by atoms with van der Waals surface area (Å²) in [7, 11) is 0. The highest BCUT2D eigenvalue weighted by molar-refractivity contribution is 5.22. The zero-order chi connectivity index (χ0) is 12.8. The van der Waals surface area contributed by atoms with Crippen LogP contribution in [0.4, 0.5) is 0 Å². The van der Waals surface area contributed by atoms with Gasteiger partial charge in [0.15, 0.2) is 5.82 Å². The lowest BCUT2D eigenvalue weighted by Crippen LogP contribution is -2.16. The van der Waals surface area contributed by atoms with Gasteiger partial charge in [-0.2, -0.15) is 0 Å². The minimum atomic E-state index is 0.755. The van der Waals surface area contributed by atoms with Crippen LogP contribution in [0.25, 0.3) is 5.82 Å². The highest BCUT2D eigenvalue weighted by Gasteiger charge is 2.05. The third-order valence-corrected chi connectivity index (χ3v) is 2.69. The molecule has 5 heteroatoms. The summed E-state index contributed by atoms with van der Waals surface area (Å²) >= 11 is 0. The summed E-state index contributed by atoms with van der Waals surface area (Å²) in [5.74, 6) is 1.84. The Labute approximate surface area is 107 Å². The van der Waals surface area contributed by atoms with Crippen LogP contribution in [0.5, 0.6) is 0 Å². The smallest absolute Gasteiger partial charge is 0.156 e. The quantitative estimate of drug-likeness (QED) is 0.787. The third kappa shape index (κ3) is 2.92. The molecule has 0 atom stereocenters. The van der Waals surface area contributed by atoms with Crippen LogP contribution >= 0.6 is 0 Å². The van der Waals surface area contributed by atoms with Gasteiger partial charge in [-0.25, -0.2) is 9.97 Å². The lowest BCUT2D eigenvalue weighted by molar-refractivity contribution is 0.659. The summed E-state index contributed by atoms with van der Waals surface area (Å²) in [5.41, 5.74) is 0.955. The van der Waals surface area contributed by atoms with Gasteiger partial charge in [0.25, 0.3) is 0 Å². The largest absolute Gasteiger partial charge is 0.311 e. The average molecular weight is 245 g/mol. The maximum absolute atomic E-state index is 4.59. The van der Waals surface area contributed by atoms with Crippen LogP contribution in [0, 0.1) is 0 Å². The molecule has 0 spiro atoms. The predicted octanol–water partition coefficient (Wildman–Crippen LogP) is 1.72. The van der Waals surface area contributed by atoms with Crippen LogP contribution in [0.2, 0.25) is 0 Å². The molecule has 0 bridgehead atoms. The van der Waals surface area contributed by atoms with E-state index in [0.29, 0.717) is 0 Å². The molecule has 0 aliphatic carbocycles. The molecule has 2 rings (SSSR count). The molecule has 96 valence electrons. The minimum Gasteiger partial charge on any atom is -0.311 e. The molecule has 0 saturated carbocycles. The van der Waals surface area contributed by atoms with Gasteiger partial charge in [0.1, 0.15) is 5.82 Å². The first-order valence-corrected chi connectivity index (χ1v) is 6.39. The van der Waals surface area contributed by atoms with Gasteiger partial charge in [0, 0.05) is 31.6 Å². The fraction of sp³-hybridized carbons (Fsp3) is 0.462. The second kappa shape index (κ2) is 6.26. The molecule has 0 fully saturated rings. The highest BCUT2D eigenvalue weighted by atomic mass is 15.1. The van der Waals surface area contributed by atoms with Crippen molar-refractivity contribution < 1.29 is 0 Å². The number of aryl methyl sites for hydroxylation is 1. The van der Waals surface area contributed by atoms with Crippen molar-refractivity contribution in [3.8, 4) is 5.82 Å². The fourth-order valence-electron chi connectivity index (χ4n) is 1.79. The molecule has 0 radical (unpaired) electrons. The topological polar surface area (TPSA) is 55.6 Å². The van der Waals surface area contributed by atoms with Crippen LogP contribution < -0.4 is 5.32 Å². The Hall–Kier alpha value is -1.75. The molecule has 5 nitrogen and oxygen atoms in total. The molecule has 0 unspecified atom stereocenters. The lowest BCUT2D eigenvalue weighted by Gasteiger charge is -2.07. The number of aromatic nitrogens is 4. The summed E-state index contributed by atoms with van der Waals surface area (Å²) in [4.78, 5) is 13.1. The molecule has 0 saturated heterocycles. The summed E-state index contributed by atoms with van der Waals surface area (Å²) in [5, 5.41) is 3.33. The molecule has 0 amide bonds. The van der Waals surface area contributed by atoms with Crippen LogP contribution in [-0.2, 0) is 13.0 Å². The van der Waals surface area contributed by atoms with Crippen LogP contribution in [0.3, 0.4) is 0 Å². The van der Waals surface area contributed by atoms with Crippen molar-refractivity contribution in [2.45, 2.75) is 33.2 Å². The van der Waals surface area contributed by atoms with Gasteiger partial charge in [0.05, 0.1) is 11.9 Å². The first-order valence-electron chi connectivity index (χ1n) is 6.39. The Bertz CT molecular complexity index is 492. The molecule has 2 aromatic rings. The third-order valence-electron chi connectivity index (χ3n) is 2.69. The number of imidazole rings is 1.